The van der Waals surface area contributed by atoms with Gasteiger partial charge < -0.3 is 20.5 Å². The molecule has 2 rings (SSSR count). The van der Waals surface area contributed by atoms with E-state index in [9.17, 15) is 18.8 Å². The number of hydrogen-bond acceptors (Lipinski definition) is 5. The van der Waals surface area contributed by atoms with E-state index in [2.05, 4.69) is 4.74 Å². The number of carbonyl (C=O) groups is 3. The Balaban J connectivity index is 2.19. The number of carboxylic acids is 1. The normalized spacial score (nSPS) is 11.9. The number of nitrogens with two attached hydrogens (primary N) is 1. The molecule has 0 heterocycles. The number of nitrogens with zero attached hydrogens (tertiary/aromatic N) is 1. The van der Waals surface area contributed by atoms with Crippen molar-refractivity contribution in [2.45, 2.75) is 19.0 Å². The van der Waals surface area contributed by atoms with Crippen LogP contribution in [0.15, 0.2) is 48.5 Å². The molecule has 0 aromatic heterocycles. The summed E-state index contributed by atoms with van der Waals surface area (Å²) >= 11 is 5.75. The molecule has 0 radical (unpaired) electrons. The second-order valence-electron chi connectivity index (χ2n) is 6.66. The van der Waals surface area contributed by atoms with E-state index in [0.29, 0.717) is 11.1 Å². The number of carboxylic acid groups (broad SMARTS) is 1. The van der Waals surface area contributed by atoms with Crippen molar-refractivity contribution in [1.29, 1.82) is 0 Å². The summed E-state index contributed by atoms with van der Waals surface area (Å²) in [5.74, 6) is -2.77. The maximum absolute atomic E-state index is 14.0. The number of hydrogen-bond donors (Lipinski definition) is 2. The Morgan fingerprint density at radius 3 is 2.52 bits per heavy atom. The van der Waals surface area contributed by atoms with E-state index >= 15 is 0 Å². The molecule has 31 heavy (non-hydrogen) atoms. The van der Waals surface area contributed by atoms with Crippen LogP contribution in [0.5, 0.6) is 0 Å². The van der Waals surface area contributed by atoms with E-state index in [1.807, 2.05) is 0 Å². The minimum absolute atomic E-state index is 0.0285. The summed E-state index contributed by atoms with van der Waals surface area (Å²) < 4.78 is 18.7. The van der Waals surface area contributed by atoms with Crippen LogP contribution in [0.4, 0.5) is 4.39 Å². The van der Waals surface area contributed by atoms with Gasteiger partial charge in [-0.3, -0.25) is 9.59 Å². The molecule has 1 atom stereocenters. The standard InChI is InChI=1S/C22H22ClFN2O5/c1-31-22(30)16-7-5-14(6-8-16)13-26(12-11-18(25)21(28)29)19(27)10-9-15-3-2-4-17(23)20(15)24/h2-10,18H,11-13,25H2,1H3,(H,28,29)/b10-9+. The van der Waals surface area contributed by atoms with Gasteiger partial charge in [0.1, 0.15) is 11.9 Å². The van der Waals surface area contributed by atoms with Gasteiger partial charge in [0, 0.05) is 24.7 Å². The van der Waals surface area contributed by atoms with Crippen LogP contribution in [0.1, 0.15) is 27.9 Å². The van der Waals surface area contributed by atoms with Crippen LogP contribution in [0.2, 0.25) is 5.02 Å². The Kier molecular flexibility index (Phi) is 8.72. The quantitative estimate of drug-likeness (QED) is 0.450. The molecule has 0 fully saturated rings. The van der Waals surface area contributed by atoms with Gasteiger partial charge in [-0.1, -0.05) is 35.9 Å². The third kappa shape index (κ3) is 6.91. The average molecular weight is 449 g/mol. The molecule has 1 unspecified atom stereocenters. The summed E-state index contributed by atoms with van der Waals surface area (Å²) in [5, 5.41) is 8.93. The number of benzene rings is 2. The molecule has 0 saturated carbocycles. The molecular formula is C22H22ClFN2O5. The van der Waals surface area contributed by atoms with Crippen molar-refractivity contribution in [3.63, 3.8) is 0 Å². The summed E-state index contributed by atoms with van der Waals surface area (Å²) in [4.78, 5) is 36.7. The largest absolute Gasteiger partial charge is 0.480 e. The van der Waals surface area contributed by atoms with Crippen LogP contribution in [-0.2, 0) is 20.9 Å². The average Bonchev–Trinajstić information content (AvgIpc) is 2.76. The minimum atomic E-state index is -1.17. The van der Waals surface area contributed by atoms with Gasteiger partial charge in [-0.2, -0.15) is 0 Å². The predicted molar refractivity (Wildman–Crippen MR) is 114 cm³/mol. The second kappa shape index (κ2) is 11.2. The molecule has 1 amide bonds. The van der Waals surface area contributed by atoms with Crippen LogP contribution in [0.3, 0.4) is 0 Å². The Morgan fingerprint density at radius 1 is 1.23 bits per heavy atom. The smallest absolute Gasteiger partial charge is 0.337 e. The molecule has 164 valence electrons. The SMILES string of the molecule is COC(=O)c1ccc(CN(CCC(N)C(=O)O)C(=O)/C=C/c2cccc(Cl)c2F)cc1. The van der Waals surface area contributed by atoms with E-state index in [1.165, 1.54) is 36.3 Å². The van der Waals surface area contributed by atoms with Gasteiger partial charge in [0.2, 0.25) is 5.91 Å². The zero-order valence-electron chi connectivity index (χ0n) is 16.8. The van der Waals surface area contributed by atoms with E-state index in [4.69, 9.17) is 22.4 Å². The van der Waals surface area contributed by atoms with Gasteiger partial charge in [-0.05, 0) is 36.3 Å². The molecule has 0 bridgehead atoms. The van der Waals surface area contributed by atoms with E-state index < -0.39 is 29.7 Å². The third-order valence-electron chi connectivity index (χ3n) is 4.47. The Bertz CT molecular complexity index is 978. The zero-order chi connectivity index (χ0) is 23.0. The second-order valence-corrected chi connectivity index (χ2v) is 7.07. The molecule has 2 aromatic carbocycles. The number of esters is 1. The van der Waals surface area contributed by atoms with Crippen molar-refractivity contribution in [2.75, 3.05) is 13.7 Å². The summed E-state index contributed by atoms with van der Waals surface area (Å²) in [6.45, 7) is 0.197. The fourth-order valence-electron chi connectivity index (χ4n) is 2.69. The van der Waals surface area contributed by atoms with Crippen molar-refractivity contribution in [3.05, 3.63) is 76.1 Å². The maximum Gasteiger partial charge on any atom is 0.337 e. The Morgan fingerprint density at radius 2 is 1.90 bits per heavy atom. The van der Waals surface area contributed by atoms with Crippen LogP contribution >= 0.6 is 11.6 Å². The zero-order valence-corrected chi connectivity index (χ0v) is 17.5. The number of rotatable bonds is 9. The van der Waals surface area contributed by atoms with Gasteiger partial charge in [0.15, 0.2) is 0 Å². The molecule has 0 saturated heterocycles. The number of carbonyl (C=O) groups excluding carboxylic acids is 2. The lowest BCUT2D eigenvalue weighted by atomic mass is 10.1. The Hall–Kier alpha value is -3.23. The molecule has 0 spiro atoms. The van der Waals surface area contributed by atoms with Crippen molar-refractivity contribution in [3.8, 4) is 0 Å². The summed E-state index contributed by atoms with van der Waals surface area (Å²) in [6.07, 6.45) is 2.51. The van der Waals surface area contributed by atoms with E-state index in [0.717, 1.165) is 0 Å². The fraction of sp³-hybridized carbons (Fsp3) is 0.227. The van der Waals surface area contributed by atoms with Gasteiger partial charge in [-0.15, -0.1) is 0 Å². The number of aliphatic carboxylic acids is 1. The highest BCUT2D eigenvalue weighted by Gasteiger charge is 2.17. The molecule has 7 nitrogen and oxygen atoms in total. The van der Waals surface area contributed by atoms with Crippen LogP contribution in [0.25, 0.3) is 6.08 Å². The lowest BCUT2D eigenvalue weighted by Gasteiger charge is -2.22. The highest BCUT2D eigenvalue weighted by Crippen LogP contribution is 2.19. The molecule has 0 aliphatic heterocycles. The minimum Gasteiger partial charge on any atom is -0.480 e. The molecule has 2 aromatic rings. The monoisotopic (exact) mass is 448 g/mol. The Labute approximate surface area is 183 Å². The van der Waals surface area contributed by atoms with Crippen molar-refractivity contribution < 1.29 is 28.6 Å². The summed E-state index contributed by atoms with van der Waals surface area (Å²) in [7, 11) is 1.28. The number of amides is 1. The topological polar surface area (TPSA) is 110 Å². The number of ether oxygens (including phenoxy) is 1. The summed E-state index contributed by atoms with van der Waals surface area (Å²) in [5.41, 5.74) is 6.76. The highest BCUT2D eigenvalue weighted by molar-refractivity contribution is 6.30. The number of halogens is 2. The van der Waals surface area contributed by atoms with Crippen molar-refractivity contribution in [2.24, 2.45) is 5.73 Å². The molecular weight excluding hydrogens is 427 g/mol. The molecule has 3 N–H and O–H groups in total. The van der Waals surface area contributed by atoms with Crippen LogP contribution < -0.4 is 5.73 Å². The summed E-state index contributed by atoms with van der Waals surface area (Å²) in [6, 6.07) is 9.73. The first kappa shape index (κ1) is 24.0. The first-order valence-electron chi connectivity index (χ1n) is 9.29. The van der Waals surface area contributed by atoms with Crippen molar-refractivity contribution >= 4 is 35.5 Å². The van der Waals surface area contributed by atoms with Gasteiger partial charge in [0.25, 0.3) is 0 Å². The van der Waals surface area contributed by atoms with E-state index in [1.54, 1.807) is 30.3 Å². The first-order chi connectivity index (χ1) is 14.7. The van der Waals surface area contributed by atoms with E-state index in [-0.39, 0.29) is 30.1 Å². The molecule has 0 aliphatic rings. The highest BCUT2D eigenvalue weighted by atomic mass is 35.5. The van der Waals surface area contributed by atoms with Gasteiger partial charge in [-0.25, -0.2) is 9.18 Å². The maximum atomic E-state index is 14.0. The third-order valence-corrected chi connectivity index (χ3v) is 4.77. The number of methoxy groups -OCH3 is 1. The lowest BCUT2D eigenvalue weighted by Crippen LogP contribution is -2.37. The van der Waals surface area contributed by atoms with Gasteiger partial charge in [0.05, 0.1) is 17.7 Å². The van der Waals surface area contributed by atoms with Crippen molar-refractivity contribution in [1.82, 2.24) is 4.90 Å². The predicted octanol–water partition coefficient (Wildman–Crippen LogP) is 3.11. The fourth-order valence-corrected chi connectivity index (χ4v) is 2.87. The van der Waals surface area contributed by atoms with Gasteiger partial charge >= 0.3 is 11.9 Å². The lowest BCUT2D eigenvalue weighted by molar-refractivity contribution is -0.139. The molecule has 0 aliphatic carbocycles. The first-order valence-corrected chi connectivity index (χ1v) is 9.67. The molecule has 9 heteroatoms. The van der Waals surface area contributed by atoms with Crippen LogP contribution in [0, 0.1) is 5.82 Å². The van der Waals surface area contributed by atoms with Crippen LogP contribution in [-0.4, -0.2) is 47.5 Å².